The summed E-state index contributed by atoms with van der Waals surface area (Å²) in [5, 5.41) is 7.80. The predicted molar refractivity (Wildman–Crippen MR) is 66.6 cm³/mol. The Morgan fingerprint density at radius 1 is 1.50 bits per heavy atom. The third kappa shape index (κ3) is 1.93. The van der Waals surface area contributed by atoms with Gasteiger partial charge in [-0.1, -0.05) is 0 Å². The summed E-state index contributed by atoms with van der Waals surface area (Å²) in [5.41, 5.74) is 2.16. The molecule has 0 radical (unpaired) electrons. The van der Waals surface area contributed by atoms with Crippen molar-refractivity contribution in [3.63, 3.8) is 0 Å². The van der Waals surface area contributed by atoms with E-state index >= 15 is 0 Å². The number of aromatic nitrogens is 4. The van der Waals surface area contributed by atoms with E-state index in [-0.39, 0.29) is 6.10 Å². The number of morpholine rings is 1. The van der Waals surface area contributed by atoms with Crippen LogP contribution in [0.5, 0.6) is 0 Å². The van der Waals surface area contributed by atoms with Gasteiger partial charge in [0.05, 0.1) is 18.5 Å². The zero-order chi connectivity index (χ0) is 12.5. The lowest BCUT2D eigenvalue weighted by molar-refractivity contribution is 0.0240. The minimum absolute atomic E-state index is 0.0450. The standard InChI is InChI=1S/C12H17N5O/c1-9-5-12(15-16(9)2)17-8-14-6-10(17)11-7-13-3-4-18-11/h5-6,8,11,13H,3-4,7H2,1-2H3. The van der Waals surface area contributed by atoms with Gasteiger partial charge in [-0.05, 0) is 6.92 Å². The van der Waals surface area contributed by atoms with Crippen molar-refractivity contribution in [2.24, 2.45) is 7.05 Å². The number of imidazole rings is 1. The molecule has 1 atom stereocenters. The summed E-state index contributed by atoms with van der Waals surface area (Å²) in [6.07, 6.45) is 3.68. The number of hydrogen-bond donors (Lipinski definition) is 1. The fourth-order valence-corrected chi connectivity index (χ4v) is 2.15. The van der Waals surface area contributed by atoms with Gasteiger partial charge in [-0.2, -0.15) is 5.10 Å². The van der Waals surface area contributed by atoms with Crippen LogP contribution >= 0.6 is 0 Å². The van der Waals surface area contributed by atoms with Crippen LogP contribution in [0.15, 0.2) is 18.6 Å². The molecule has 1 unspecified atom stereocenters. The maximum absolute atomic E-state index is 5.76. The fraction of sp³-hybridized carbons (Fsp3) is 0.500. The fourth-order valence-electron chi connectivity index (χ4n) is 2.15. The normalized spacial score (nSPS) is 20.2. The van der Waals surface area contributed by atoms with E-state index in [1.54, 1.807) is 6.33 Å². The Kier molecular flexibility index (Phi) is 2.89. The van der Waals surface area contributed by atoms with Crippen LogP contribution in [0.1, 0.15) is 17.5 Å². The molecule has 1 aliphatic heterocycles. The molecule has 1 saturated heterocycles. The molecule has 0 saturated carbocycles. The van der Waals surface area contributed by atoms with Crippen LogP contribution in [-0.4, -0.2) is 39.0 Å². The van der Waals surface area contributed by atoms with Crippen molar-refractivity contribution in [1.29, 1.82) is 0 Å². The van der Waals surface area contributed by atoms with Gasteiger partial charge >= 0.3 is 0 Å². The van der Waals surface area contributed by atoms with Crippen molar-refractivity contribution in [2.45, 2.75) is 13.0 Å². The number of ether oxygens (including phenoxy) is 1. The Hall–Kier alpha value is -1.66. The van der Waals surface area contributed by atoms with Gasteiger partial charge < -0.3 is 10.1 Å². The van der Waals surface area contributed by atoms with Crippen LogP contribution in [0.2, 0.25) is 0 Å². The van der Waals surface area contributed by atoms with E-state index in [9.17, 15) is 0 Å². The highest BCUT2D eigenvalue weighted by Gasteiger charge is 2.21. The molecule has 0 spiro atoms. The highest BCUT2D eigenvalue weighted by atomic mass is 16.5. The molecule has 6 heteroatoms. The number of nitrogens with one attached hydrogen (secondary N) is 1. The van der Waals surface area contributed by atoms with Gasteiger partial charge in [0.1, 0.15) is 12.4 Å². The second kappa shape index (κ2) is 4.55. The summed E-state index contributed by atoms with van der Waals surface area (Å²) in [5.74, 6) is 0.886. The van der Waals surface area contributed by atoms with Crippen molar-refractivity contribution in [3.8, 4) is 5.82 Å². The Labute approximate surface area is 106 Å². The Bertz CT molecular complexity index is 519. The Morgan fingerprint density at radius 3 is 3.06 bits per heavy atom. The molecule has 3 rings (SSSR count). The number of hydrogen-bond acceptors (Lipinski definition) is 4. The van der Waals surface area contributed by atoms with Crippen molar-refractivity contribution >= 4 is 0 Å². The maximum Gasteiger partial charge on any atom is 0.160 e. The minimum Gasteiger partial charge on any atom is -0.369 e. The molecule has 0 amide bonds. The first kappa shape index (κ1) is 11.4. The molecule has 96 valence electrons. The van der Waals surface area contributed by atoms with E-state index in [4.69, 9.17) is 4.74 Å². The lowest BCUT2D eigenvalue weighted by Crippen LogP contribution is -2.34. The monoisotopic (exact) mass is 247 g/mol. The van der Waals surface area contributed by atoms with Crippen molar-refractivity contribution in [2.75, 3.05) is 19.7 Å². The molecule has 1 N–H and O–H groups in total. The largest absolute Gasteiger partial charge is 0.369 e. The second-order valence-corrected chi connectivity index (χ2v) is 4.52. The Balaban J connectivity index is 1.95. The first-order valence-electron chi connectivity index (χ1n) is 6.11. The zero-order valence-corrected chi connectivity index (χ0v) is 10.6. The van der Waals surface area contributed by atoms with Crippen molar-refractivity contribution in [1.82, 2.24) is 24.6 Å². The Morgan fingerprint density at radius 2 is 2.39 bits per heavy atom. The molecule has 1 aliphatic rings. The molecule has 18 heavy (non-hydrogen) atoms. The van der Waals surface area contributed by atoms with E-state index in [1.807, 2.05) is 35.5 Å². The molecule has 3 heterocycles. The van der Waals surface area contributed by atoms with Gasteiger partial charge in [0.15, 0.2) is 5.82 Å². The summed E-state index contributed by atoms with van der Waals surface area (Å²) < 4.78 is 9.61. The molecule has 0 bridgehead atoms. The van der Waals surface area contributed by atoms with Crippen LogP contribution in [-0.2, 0) is 11.8 Å². The molecule has 6 nitrogen and oxygen atoms in total. The summed E-state index contributed by atoms with van der Waals surface area (Å²) in [6.45, 7) is 4.49. The lowest BCUT2D eigenvalue weighted by Gasteiger charge is -2.23. The average Bonchev–Trinajstić information content (AvgIpc) is 2.98. The maximum atomic E-state index is 5.76. The highest BCUT2D eigenvalue weighted by molar-refractivity contribution is 5.28. The predicted octanol–water partition coefficient (Wildman–Crippen LogP) is 0.575. The van der Waals surface area contributed by atoms with Gasteiger partial charge in [-0.15, -0.1) is 0 Å². The van der Waals surface area contributed by atoms with Gasteiger partial charge in [-0.25, -0.2) is 4.98 Å². The van der Waals surface area contributed by atoms with E-state index < -0.39 is 0 Å². The van der Waals surface area contributed by atoms with Crippen LogP contribution in [0, 0.1) is 6.92 Å². The quantitative estimate of drug-likeness (QED) is 0.843. The zero-order valence-electron chi connectivity index (χ0n) is 10.6. The number of rotatable bonds is 2. The van der Waals surface area contributed by atoms with Crippen molar-refractivity contribution in [3.05, 3.63) is 30.0 Å². The molecular formula is C12H17N5O. The highest BCUT2D eigenvalue weighted by Crippen LogP contribution is 2.21. The van der Waals surface area contributed by atoms with Gasteiger partial charge in [0, 0.05) is 31.9 Å². The second-order valence-electron chi connectivity index (χ2n) is 4.52. The average molecular weight is 247 g/mol. The van der Waals surface area contributed by atoms with E-state index in [2.05, 4.69) is 15.4 Å². The SMILES string of the molecule is Cc1cc(-n2cncc2C2CNCCO2)nn1C. The number of aryl methyl sites for hydroxylation is 2. The summed E-state index contributed by atoms with van der Waals surface area (Å²) in [7, 11) is 1.94. The van der Waals surface area contributed by atoms with Gasteiger partial charge in [0.25, 0.3) is 0 Å². The summed E-state index contributed by atoms with van der Waals surface area (Å²) >= 11 is 0. The number of nitrogens with zero attached hydrogens (tertiary/aromatic N) is 4. The third-order valence-corrected chi connectivity index (χ3v) is 3.27. The molecule has 2 aromatic rings. The van der Waals surface area contributed by atoms with Crippen LogP contribution in [0.3, 0.4) is 0 Å². The van der Waals surface area contributed by atoms with Crippen molar-refractivity contribution < 1.29 is 4.74 Å². The van der Waals surface area contributed by atoms with Crippen LogP contribution in [0.4, 0.5) is 0 Å². The molecule has 0 aromatic carbocycles. The first-order chi connectivity index (χ1) is 8.75. The molecule has 1 fully saturated rings. The molecule has 0 aliphatic carbocycles. The molecular weight excluding hydrogens is 230 g/mol. The minimum atomic E-state index is 0.0450. The smallest absolute Gasteiger partial charge is 0.160 e. The third-order valence-electron chi connectivity index (χ3n) is 3.27. The topological polar surface area (TPSA) is 56.9 Å². The molecule has 2 aromatic heterocycles. The van der Waals surface area contributed by atoms with E-state index in [1.165, 1.54) is 0 Å². The summed E-state index contributed by atoms with van der Waals surface area (Å²) in [4.78, 5) is 4.22. The van der Waals surface area contributed by atoms with Gasteiger partial charge in [-0.3, -0.25) is 9.25 Å². The summed E-state index contributed by atoms with van der Waals surface area (Å²) in [6, 6.07) is 2.04. The van der Waals surface area contributed by atoms with Gasteiger partial charge in [0.2, 0.25) is 0 Å². The van der Waals surface area contributed by atoms with Crippen LogP contribution < -0.4 is 5.32 Å². The first-order valence-corrected chi connectivity index (χ1v) is 6.11. The van der Waals surface area contributed by atoms with E-state index in [0.717, 1.165) is 36.9 Å². The van der Waals surface area contributed by atoms with Crippen LogP contribution in [0.25, 0.3) is 5.82 Å². The van der Waals surface area contributed by atoms with E-state index in [0.29, 0.717) is 0 Å². The lowest BCUT2D eigenvalue weighted by atomic mass is 10.2.